The second-order valence-electron chi connectivity index (χ2n) is 18.7. The number of hydrogen-bond donors (Lipinski definition) is 0. The lowest BCUT2D eigenvalue weighted by Gasteiger charge is -2.22. The minimum atomic E-state index is 0.0760. The Morgan fingerprint density at radius 1 is 0.507 bits per heavy atom. The predicted molar refractivity (Wildman–Crippen MR) is 297 cm³/mol. The van der Waals surface area contributed by atoms with Crippen LogP contribution >= 0.6 is 0 Å². The van der Waals surface area contributed by atoms with E-state index in [1.807, 2.05) is 31.2 Å². The Balaban J connectivity index is 0.000000133. The van der Waals surface area contributed by atoms with Gasteiger partial charge < -0.3 is 8.98 Å². The fourth-order valence-corrected chi connectivity index (χ4v) is 10.1. The van der Waals surface area contributed by atoms with Crippen LogP contribution in [0.4, 0.5) is 0 Å². The number of aryl methyl sites for hydroxylation is 3. The molecular weight excluding hydrogens is 835 g/mol. The SMILES string of the molecule is C=C/C=C(\C=C/C)c1ccc(C)cc1.Cc1ccc(-c2ccc3c(c2)C(C)(C)c2ccccc2-3)cc1.Cc1cccc2oc3ccc(-c4ccc5c(c4)c4ccccc4n5-c4ccccc4)cc3c12. The van der Waals surface area contributed by atoms with Crippen LogP contribution < -0.4 is 0 Å². The van der Waals surface area contributed by atoms with Gasteiger partial charge >= 0.3 is 0 Å². The van der Waals surface area contributed by atoms with Crippen LogP contribution in [0.15, 0.2) is 235 Å². The normalized spacial score (nSPS) is 12.7. The molecule has 0 unspecified atom stereocenters. The van der Waals surface area contributed by atoms with Gasteiger partial charge in [-0.2, -0.15) is 0 Å². The molecule has 9 aromatic carbocycles. The summed E-state index contributed by atoms with van der Waals surface area (Å²) < 4.78 is 8.45. The molecule has 1 aliphatic carbocycles. The largest absolute Gasteiger partial charge is 0.456 e. The fourth-order valence-electron chi connectivity index (χ4n) is 10.1. The summed E-state index contributed by atoms with van der Waals surface area (Å²) >= 11 is 0. The summed E-state index contributed by atoms with van der Waals surface area (Å²) in [5.41, 5.74) is 22.5. The van der Waals surface area contributed by atoms with Gasteiger partial charge in [0.15, 0.2) is 0 Å². The molecule has 0 atom stereocenters. The first-order valence-corrected chi connectivity index (χ1v) is 24.0. The van der Waals surface area contributed by atoms with E-state index in [0.29, 0.717) is 0 Å². The fraction of sp³-hybridized carbons (Fsp3) is 0.104. The first kappa shape index (κ1) is 44.6. The molecule has 2 heterocycles. The summed E-state index contributed by atoms with van der Waals surface area (Å²) in [5.74, 6) is 0. The van der Waals surface area contributed by atoms with E-state index in [1.54, 1.807) is 0 Å². The van der Waals surface area contributed by atoms with E-state index in [9.17, 15) is 0 Å². The quantitative estimate of drug-likeness (QED) is 0.152. The van der Waals surface area contributed by atoms with Crippen LogP contribution in [-0.2, 0) is 5.41 Å². The number of nitrogens with zero attached hydrogens (tertiary/aromatic N) is 1. The summed E-state index contributed by atoms with van der Waals surface area (Å²) in [6, 6.07) is 71.8. The van der Waals surface area contributed by atoms with E-state index in [-0.39, 0.29) is 5.41 Å². The summed E-state index contributed by atoms with van der Waals surface area (Å²) in [7, 11) is 0. The van der Waals surface area contributed by atoms with Gasteiger partial charge in [-0.25, -0.2) is 0 Å². The first-order chi connectivity index (χ1) is 33.6. The summed E-state index contributed by atoms with van der Waals surface area (Å²) in [6.07, 6.45) is 7.96. The van der Waals surface area contributed by atoms with E-state index in [0.717, 1.165) is 11.2 Å². The molecule has 0 fully saturated rings. The van der Waals surface area contributed by atoms with Crippen LogP contribution in [0.3, 0.4) is 0 Å². The molecule has 2 aromatic heterocycles. The van der Waals surface area contributed by atoms with E-state index in [1.165, 1.54) is 111 Å². The molecule has 2 nitrogen and oxygen atoms in total. The zero-order chi connectivity index (χ0) is 47.6. The van der Waals surface area contributed by atoms with Gasteiger partial charge in [-0.1, -0.05) is 201 Å². The van der Waals surface area contributed by atoms with Crippen LogP contribution in [-0.4, -0.2) is 4.57 Å². The highest BCUT2D eigenvalue weighted by Crippen LogP contribution is 2.49. The maximum atomic E-state index is 6.10. The van der Waals surface area contributed by atoms with Gasteiger partial charge in [0.05, 0.1) is 11.0 Å². The standard InChI is InChI=1S/C31H21NO.C22H20.C14H16/c1-20-8-7-13-30-31(20)26-19-22(15-17-29(26)33-30)21-14-16-28-25(18-21)24-11-5-6-12-27(24)32(28)23-9-3-2-4-10-23;1-15-8-10-16(11-9-15)17-12-13-19-18-6-4-5-7-20(18)22(2,3)21(19)14-17;1-4-6-13(7-5-2)14-10-8-12(3)9-11-14/h2-19H,1H3;4-14H,1-3H3;4-11H,1H2,2-3H3/b;;7-5-,13-6+. The van der Waals surface area contributed by atoms with E-state index in [2.05, 4.69) is 246 Å². The molecule has 11 aromatic rings. The molecule has 2 heteroatoms. The monoisotopic (exact) mass is 891 g/mol. The second-order valence-corrected chi connectivity index (χ2v) is 18.7. The molecule has 69 heavy (non-hydrogen) atoms. The zero-order valence-electron chi connectivity index (χ0n) is 40.4. The number of rotatable bonds is 6. The lowest BCUT2D eigenvalue weighted by Crippen LogP contribution is -2.14. The third-order valence-electron chi connectivity index (χ3n) is 13.7. The van der Waals surface area contributed by atoms with Crippen molar-refractivity contribution in [3.63, 3.8) is 0 Å². The molecule has 0 radical (unpaired) electrons. The molecule has 1 aliphatic rings. The Morgan fingerprint density at radius 2 is 1.12 bits per heavy atom. The van der Waals surface area contributed by atoms with Crippen molar-refractivity contribution in [1.29, 1.82) is 0 Å². The van der Waals surface area contributed by atoms with E-state index in [4.69, 9.17) is 4.42 Å². The van der Waals surface area contributed by atoms with E-state index < -0.39 is 0 Å². The molecule has 0 spiro atoms. The Kier molecular flexibility index (Phi) is 12.2. The van der Waals surface area contributed by atoms with Crippen LogP contribution in [0.25, 0.3) is 88.4 Å². The average molecular weight is 892 g/mol. The Hall–Kier alpha value is -8.20. The van der Waals surface area contributed by atoms with Gasteiger partial charge in [-0.05, 0) is 143 Å². The van der Waals surface area contributed by atoms with E-state index >= 15 is 0 Å². The second kappa shape index (κ2) is 18.8. The molecule has 0 bridgehead atoms. The van der Waals surface area contributed by atoms with Crippen molar-refractivity contribution in [1.82, 2.24) is 4.57 Å². The number of hydrogen-bond acceptors (Lipinski definition) is 1. The van der Waals surface area contributed by atoms with Gasteiger partial charge in [0.25, 0.3) is 0 Å². The predicted octanol–water partition coefficient (Wildman–Crippen LogP) is 18.8. The third kappa shape index (κ3) is 8.56. The van der Waals surface area contributed by atoms with Gasteiger partial charge in [0.2, 0.25) is 0 Å². The van der Waals surface area contributed by atoms with Gasteiger partial charge in [0.1, 0.15) is 11.2 Å². The van der Waals surface area contributed by atoms with Crippen molar-refractivity contribution in [3.8, 4) is 39.1 Å². The first-order valence-electron chi connectivity index (χ1n) is 24.0. The number of aromatic nitrogens is 1. The van der Waals surface area contributed by atoms with Crippen molar-refractivity contribution in [3.05, 3.63) is 264 Å². The highest BCUT2D eigenvalue weighted by molar-refractivity contribution is 6.11. The number of benzene rings is 9. The van der Waals surface area contributed by atoms with Gasteiger partial charge in [0, 0.05) is 32.6 Å². The molecule has 0 saturated carbocycles. The smallest absolute Gasteiger partial charge is 0.135 e. The molecule has 336 valence electrons. The van der Waals surface area contributed by atoms with Crippen molar-refractivity contribution in [2.24, 2.45) is 0 Å². The highest BCUT2D eigenvalue weighted by Gasteiger charge is 2.35. The van der Waals surface area contributed by atoms with Crippen molar-refractivity contribution in [2.45, 2.75) is 47.0 Å². The molecule has 0 N–H and O–H groups in total. The van der Waals surface area contributed by atoms with Gasteiger partial charge in [-0.15, -0.1) is 0 Å². The molecule has 0 amide bonds. The summed E-state index contributed by atoms with van der Waals surface area (Å²) in [5, 5.41) is 4.91. The lowest BCUT2D eigenvalue weighted by molar-refractivity contribution is 0.660. The zero-order valence-corrected chi connectivity index (χ0v) is 40.4. The maximum absolute atomic E-state index is 6.10. The molecule has 0 saturated heterocycles. The maximum Gasteiger partial charge on any atom is 0.135 e. The number of para-hydroxylation sites is 2. The van der Waals surface area contributed by atoms with Crippen LogP contribution in [0, 0.1) is 20.8 Å². The minimum absolute atomic E-state index is 0.0760. The van der Waals surface area contributed by atoms with Crippen LogP contribution in [0.2, 0.25) is 0 Å². The minimum Gasteiger partial charge on any atom is -0.456 e. The summed E-state index contributed by atoms with van der Waals surface area (Å²) in [4.78, 5) is 0. The Labute approximate surface area is 406 Å². The third-order valence-corrected chi connectivity index (χ3v) is 13.7. The molecule has 0 aliphatic heterocycles. The van der Waals surface area contributed by atoms with Crippen molar-refractivity contribution in [2.75, 3.05) is 0 Å². The Morgan fingerprint density at radius 3 is 1.87 bits per heavy atom. The highest BCUT2D eigenvalue weighted by atomic mass is 16.3. The number of allylic oxidation sites excluding steroid dienone is 5. The summed E-state index contributed by atoms with van der Waals surface area (Å²) in [6.45, 7) is 16.8. The lowest BCUT2D eigenvalue weighted by atomic mass is 9.81. The Bertz CT molecular complexity index is 3720. The van der Waals surface area contributed by atoms with Crippen molar-refractivity contribution < 1.29 is 4.42 Å². The van der Waals surface area contributed by atoms with Gasteiger partial charge in [-0.3, -0.25) is 0 Å². The van der Waals surface area contributed by atoms with Crippen LogP contribution in [0.5, 0.6) is 0 Å². The molecular formula is C67H57NO. The average Bonchev–Trinajstić information content (AvgIpc) is 4.00. The van der Waals surface area contributed by atoms with Crippen LogP contribution in [0.1, 0.15) is 54.2 Å². The van der Waals surface area contributed by atoms with Crippen molar-refractivity contribution >= 4 is 49.3 Å². The number of furan rings is 1. The topological polar surface area (TPSA) is 18.1 Å². The number of fused-ring (bicyclic) bond motifs is 9. The molecule has 12 rings (SSSR count).